The fourth-order valence-corrected chi connectivity index (χ4v) is 2.46. The second kappa shape index (κ2) is 5.93. The first-order valence-electron chi connectivity index (χ1n) is 6.67. The van der Waals surface area contributed by atoms with Gasteiger partial charge in [0.05, 0.1) is 6.61 Å². The van der Waals surface area contributed by atoms with Crippen molar-refractivity contribution in [2.24, 2.45) is 5.92 Å². The minimum absolute atomic E-state index is 0.341. The molecule has 0 aromatic heterocycles. The number of hydrogen-bond donors (Lipinski definition) is 1. The van der Waals surface area contributed by atoms with Gasteiger partial charge in [-0.1, -0.05) is 32.0 Å². The molecule has 0 spiro atoms. The molecule has 2 nitrogen and oxygen atoms in total. The first-order valence-corrected chi connectivity index (χ1v) is 6.67. The zero-order valence-electron chi connectivity index (χ0n) is 11.1. The van der Waals surface area contributed by atoms with E-state index >= 15 is 0 Å². The summed E-state index contributed by atoms with van der Waals surface area (Å²) in [5.74, 6) is 4.22. The van der Waals surface area contributed by atoms with E-state index in [-0.39, 0.29) is 0 Å². The molecule has 2 rings (SSSR count). The minimum atomic E-state index is 0.341. The number of rotatable bonds is 4. The molecule has 1 aromatic carbocycles. The van der Waals surface area contributed by atoms with Crippen LogP contribution in [0.2, 0.25) is 0 Å². The van der Waals surface area contributed by atoms with Gasteiger partial charge in [0.15, 0.2) is 0 Å². The van der Waals surface area contributed by atoms with E-state index in [0.717, 1.165) is 25.2 Å². The second-order valence-electron chi connectivity index (χ2n) is 4.98. The summed E-state index contributed by atoms with van der Waals surface area (Å²) >= 11 is 0. The Bertz CT molecular complexity index is 435. The Morgan fingerprint density at radius 3 is 3.00 bits per heavy atom. The summed E-state index contributed by atoms with van der Waals surface area (Å²) in [5, 5.41) is 3.69. The topological polar surface area (TPSA) is 21.3 Å². The third-order valence-corrected chi connectivity index (χ3v) is 3.60. The Balaban J connectivity index is 2.18. The Hall–Kier alpha value is -1.46. The van der Waals surface area contributed by atoms with Crippen molar-refractivity contribution in [2.45, 2.75) is 38.8 Å². The summed E-state index contributed by atoms with van der Waals surface area (Å²) in [6.07, 6.45) is 7.26. The summed E-state index contributed by atoms with van der Waals surface area (Å²) in [6.45, 7) is 5.16. The molecule has 0 saturated carbocycles. The van der Waals surface area contributed by atoms with Crippen LogP contribution in [0.4, 0.5) is 0 Å². The summed E-state index contributed by atoms with van der Waals surface area (Å²) in [4.78, 5) is 0. The summed E-state index contributed by atoms with van der Waals surface area (Å²) in [6, 6.07) is 8.99. The van der Waals surface area contributed by atoms with Crippen molar-refractivity contribution in [1.29, 1.82) is 0 Å². The van der Waals surface area contributed by atoms with E-state index < -0.39 is 0 Å². The molecule has 0 amide bonds. The van der Waals surface area contributed by atoms with Gasteiger partial charge in [-0.15, -0.1) is 12.3 Å². The van der Waals surface area contributed by atoms with E-state index in [4.69, 9.17) is 11.2 Å². The van der Waals surface area contributed by atoms with Gasteiger partial charge in [-0.3, -0.25) is 0 Å². The summed E-state index contributed by atoms with van der Waals surface area (Å²) in [5.41, 5.74) is 1.26. The highest BCUT2D eigenvalue weighted by Crippen LogP contribution is 2.35. The lowest BCUT2D eigenvalue weighted by atomic mass is 9.91. The third-order valence-electron chi connectivity index (χ3n) is 3.60. The first kappa shape index (κ1) is 13.0. The fraction of sp³-hybridized carbons (Fsp3) is 0.500. The normalized spacial score (nSPS) is 23.6. The van der Waals surface area contributed by atoms with Crippen LogP contribution in [-0.4, -0.2) is 12.6 Å². The molecule has 18 heavy (non-hydrogen) atoms. The molecule has 0 radical (unpaired) electrons. The molecule has 0 aliphatic carbocycles. The number of para-hydroxylation sites is 1. The van der Waals surface area contributed by atoms with E-state index in [1.807, 2.05) is 12.1 Å². The van der Waals surface area contributed by atoms with Crippen LogP contribution in [-0.2, 0) is 0 Å². The predicted octanol–water partition coefficient (Wildman–Crippen LogP) is 3.15. The average molecular weight is 243 g/mol. The smallest absolute Gasteiger partial charge is 0.124 e. The second-order valence-corrected chi connectivity index (χ2v) is 4.98. The lowest BCUT2D eigenvalue weighted by Gasteiger charge is -2.34. The molecule has 3 atom stereocenters. The molecular formula is C16H21NO. The van der Waals surface area contributed by atoms with E-state index in [0.29, 0.717) is 18.0 Å². The number of benzene rings is 1. The molecule has 2 heteroatoms. The van der Waals surface area contributed by atoms with Crippen molar-refractivity contribution in [1.82, 2.24) is 5.32 Å². The van der Waals surface area contributed by atoms with Gasteiger partial charge in [0.25, 0.3) is 0 Å². The van der Waals surface area contributed by atoms with Crippen LogP contribution in [0.25, 0.3) is 0 Å². The molecular weight excluding hydrogens is 222 g/mol. The van der Waals surface area contributed by atoms with Crippen molar-refractivity contribution < 1.29 is 4.74 Å². The Labute approximate surface area is 110 Å². The van der Waals surface area contributed by atoms with Gasteiger partial charge in [-0.2, -0.15) is 0 Å². The van der Waals surface area contributed by atoms with Crippen molar-refractivity contribution in [3.05, 3.63) is 29.8 Å². The van der Waals surface area contributed by atoms with Crippen molar-refractivity contribution in [2.75, 3.05) is 6.61 Å². The fourth-order valence-electron chi connectivity index (χ4n) is 2.46. The van der Waals surface area contributed by atoms with Gasteiger partial charge in [-0.05, 0) is 12.5 Å². The molecule has 3 unspecified atom stereocenters. The quantitative estimate of drug-likeness (QED) is 0.820. The van der Waals surface area contributed by atoms with Crippen LogP contribution in [0, 0.1) is 18.3 Å². The lowest BCUT2D eigenvalue weighted by molar-refractivity contribution is 0.180. The summed E-state index contributed by atoms with van der Waals surface area (Å²) < 4.78 is 5.76. The molecule has 0 bridgehead atoms. The largest absolute Gasteiger partial charge is 0.493 e. The minimum Gasteiger partial charge on any atom is -0.493 e. The molecule has 1 aliphatic heterocycles. The van der Waals surface area contributed by atoms with Crippen LogP contribution in [0.1, 0.15) is 38.3 Å². The lowest BCUT2D eigenvalue weighted by Crippen LogP contribution is -2.39. The molecule has 1 heterocycles. The molecule has 0 fully saturated rings. The molecule has 1 aromatic rings. The Kier molecular flexibility index (Phi) is 4.28. The van der Waals surface area contributed by atoms with Crippen molar-refractivity contribution >= 4 is 0 Å². The van der Waals surface area contributed by atoms with Gasteiger partial charge >= 0.3 is 0 Å². The van der Waals surface area contributed by atoms with Crippen molar-refractivity contribution in [3.8, 4) is 18.1 Å². The zero-order valence-corrected chi connectivity index (χ0v) is 11.1. The average Bonchev–Trinajstić information content (AvgIpc) is 2.41. The molecule has 1 N–H and O–H groups in total. The Morgan fingerprint density at radius 2 is 2.28 bits per heavy atom. The highest BCUT2D eigenvalue weighted by Gasteiger charge is 2.28. The summed E-state index contributed by atoms with van der Waals surface area (Å²) in [7, 11) is 0. The third kappa shape index (κ3) is 2.68. The van der Waals surface area contributed by atoms with Gasteiger partial charge in [0.1, 0.15) is 5.75 Å². The van der Waals surface area contributed by atoms with Gasteiger partial charge < -0.3 is 10.1 Å². The molecule has 1 aliphatic rings. The van der Waals surface area contributed by atoms with Gasteiger partial charge in [0, 0.05) is 30.0 Å². The maximum atomic E-state index is 5.76. The van der Waals surface area contributed by atoms with Crippen LogP contribution in [0.15, 0.2) is 24.3 Å². The highest BCUT2D eigenvalue weighted by atomic mass is 16.5. The van der Waals surface area contributed by atoms with Crippen LogP contribution in [0.3, 0.4) is 0 Å². The maximum absolute atomic E-state index is 5.76. The number of fused-ring (bicyclic) bond motifs is 1. The predicted molar refractivity (Wildman–Crippen MR) is 74.5 cm³/mol. The highest BCUT2D eigenvalue weighted by molar-refractivity contribution is 5.38. The van der Waals surface area contributed by atoms with Gasteiger partial charge in [0.2, 0.25) is 0 Å². The van der Waals surface area contributed by atoms with E-state index in [1.54, 1.807) is 0 Å². The monoisotopic (exact) mass is 243 g/mol. The van der Waals surface area contributed by atoms with Crippen molar-refractivity contribution in [3.63, 3.8) is 0 Å². The number of nitrogens with one attached hydrogen (secondary N) is 1. The van der Waals surface area contributed by atoms with Crippen LogP contribution >= 0.6 is 0 Å². The number of ether oxygens (including phenoxy) is 1. The van der Waals surface area contributed by atoms with Crippen LogP contribution < -0.4 is 10.1 Å². The Morgan fingerprint density at radius 1 is 1.50 bits per heavy atom. The first-order chi connectivity index (χ1) is 8.76. The number of hydrogen-bond acceptors (Lipinski definition) is 2. The molecule has 96 valence electrons. The zero-order chi connectivity index (χ0) is 13.0. The SMILES string of the molecule is C#CCC(CC)NC1c2ccccc2OCC1C. The van der Waals surface area contributed by atoms with E-state index in [1.165, 1.54) is 5.56 Å². The van der Waals surface area contributed by atoms with E-state index in [2.05, 4.69) is 37.2 Å². The standard InChI is InChI=1S/C16H21NO/c1-4-8-13(5-2)17-16-12(3)11-18-15-10-7-6-9-14(15)16/h1,6-7,9-10,12-13,16-17H,5,8,11H2,2-3H3. The number of terminal acetylenes is 1. The van der Waals surface area contributed by atoms with Gasteiger partial charge in [-0.25, -0.2) is 0 Å². The van der Waals surface area contributed by atoms with E-state index in [9.17, 15) is 0 Å². The van der Waals surface area contributed by atoms with Crippen LogP contribution in [0.5, 0.6) is 5.75 Å². The molecule has 0 saturated heterocycles. The maximum Gasteiger partial charge on any atom is 0.124 e.